The van der Waals surface area contributed by atoms with Crippen molar-refractivity contribution in [2.75, 3.05) is 6.26 Å². The van der Waals surface area contributed by atoms with Crippen molar-refractivity contribution in [3.8, 4) is 28.2 Å². The second-order valence-corrected chi connectivity index (χ2v) is 9.02. The molecule has 0 aliphatic rings. The van der Waals surface area contributed by atoms with Crippen molar-refractivity contribution in [3.63, 3.8) is 0 Å². The maximum absolute atomic E-state index is 13.3. The van der Waals surface area contributed by atoms with Crippen molar-refractivity contribution in [1.29, 1.82) is 0 Å². The lowest BCUT2D eigenvalue weighted by atomic mass is 9.98. The number of phenolic OH excluding ortho intramolecular Hbond substituents is 1. The summed E-state index contributed by atoms with van der Waals surface area (Å²) in [6.07, 6.45) is 1.13. The van der Waals surface area contributed by atoms with Crippen molar-refractivity contribution in [2.24, 2.45) is 0 Å². The van der Waals surface area contributed by atoms with E-state index < -0.39 is 9.84 Å². The molecule has 1 aromatic heterocycles. The summed E-state index contributed by atoms with van der Waals surface area (Å²) >= 11 is 5.91. The van der Waals surface area contributed by atoms with Crippen LogP contribution in [0.4, 0.5) is 0 Å². The van der Waals surface area contributed by atoms with E-state index in [1.807, 2.05) is 0 Å². The zero-order valence-corrected chi connectivity index (χ0v) is 16.8. The fraction of sp³-hybridized carbons (Fsp3) is 0.0455. The quantitative estimate of drug-likeness (QED) is 0.504. The lowest BCUT2D eigenvalue weighted by Gasteiger charge is -2.11. The minimum Gasteiger partial charge on any atom is -0.506 e. The van der Waals surface area contributed by atoms with Crippen LogP contribution < -0.4 is 5.43 Å². The molecule has 0 bridgehead atoms. The molecular formula is C22H15ClO5S. The van der Waals surface area contributed by atoms with Gasteiger partial charge in [0.2, 0.25) is 5.43 Å². The highest BCUT2D eigenvalue weighted by Gasteiger charge is 2.19. The second kappa shape index (κ2) is 7.06. The fourth-order valence-electron chi connectivity index (χ4n) is 3.13. The third-order valence-electron chi connectivity index (χ3n) is 4.58. The number of phenols is 1. The molecule has 0 atom stereocenters. The van der Waals surface area contributed by atoms with E-state index in [2.05, 4.69) is 0 Å². The van der Waals surface area contributed by atoms with Gasteiger partial charge in [-0.3, -0.25) is 4.79 Å². The highest BCUT2D eigenvalue weighted by atomic mass is 35.5. The fourth-order valence-corrected chi connectivity index (χ4v) is 3.88. The zero-order valence-electron chi connectivity index (χ0n) is 15.2. The predicted molar refractivity (Wildman–Crippen MR) is 113 cm³/mol. The minimum atomic E-state index is -3.36. The molecule has 0 spiro atoms. The number of benzene rings is 3. The molecule has 4 rings (SSSR count). The van der Waals surface area contributed by atoms with Crippen LogP contribution in [0.5, 0.6) is 5.75 Å². The standard InChI is InChI=1S/C22H15ClO5S/c1-29(26,27)15-9-6-13(7-10-15)22-20(14-8-11-17(23)18(24)12-14)21(25)16-4-2-3-5-19(16)28-22/h2-12,24H,1H3. The lowest BCUT2D eigenvalue weighted by Crippen LogP contribution is -2.07. The van der Waals surface area contributed by atoms with Crippen LogP contribution in [-0.4, -0.2) is 19.8 Å². The topological polar surface area (TPSA) is 84.6 Å². The van der Waals surface area contributed by atoms with E-state index >= 15 is 0 Å². The summed E-state index contributed by atoms with van der Waals surface area (Å²) in [5.41, 5.74) is 1.36. The third kappa shape index (κ3) is 3.52. The Hall–Kier alpha value is -3.09. The normalized spacial score (nSPS) is 11.7. The first-order chi connectivity index (χ1) is 13.8. The summed E-state index contributed by atoms with van der Waals surface area (Å²) in [7, 11) is -3.36. The molecule has 0 saturated heterocycles. The number of aromatic hydroxyl groups is 1. The molecule has 0 aliphatic heterocycles. The summed E-state index contributed by atoms with van der Waals surface area (Å²) in [6, 6.07) is 17.5. The van der Waals surface area contributed by atoms with Crippen LogP contribution in [-0.2, 0) is 9.84 Å². The number of para-hydroxylation sites is 1. The van der Waals surface area contributed by atoms with Gasteiger partial charge >= 0.3 is 0 Å². The molecule has 146 valence electrons. The molecule has 0 saturated carbocycles. The van der Waals surface area contributed by atoms with Crippen LogP contribution in [0.2, 0.25) is 5.02 Å². The van der Waals surface area contributed by atoms with Gasteiger partial charge in [0, 0.05) is 11.8 Å². The Morgan fingerprint density at radius 3 is 2.24 bits per heavy atom. The predicted octanol–water partition coefficient (Wildman–Crippen LogP) is 4.89. The van der Waals surface area contributed by atoms with E-state index in [9.17, 15) is 18.3 Å². The van der Waals surface area contributed by atoms with Gasteiger partial charge in [0.1, 0.15) is 17.1 Å². The van der Waals surface area contributed by atoms with Crippen LogP contribution >= 0.6 is 11.6 Å². The number of fused-ring (bicyclic) bond motifs is 1. The Kier molecular flexibility index (Phi) is 4.68. The number of rotatable bonds is 3. The zero-order chi connectivity index (χ0) is 20.8. The van der Waals surface area contributed by atoms with E-state index in [-0.39, 0.29) is 32.4 Å². The van der Waals surface area contributed by atoms with Gasteiger partial charge in [-0.1, -0.05) is 29.8 Å². The van der Waals surface area contributed by atoms with E-state index in [4.69, 9.17) is 16.0 Å². The Bertz CT molecular complexity index is 1400. The molecule has 1 heterocycles. The summed E-state index contributed by atoms with van der Waals surface area (Å²) in [5, 5.41) is 10.6. The SMILES string of the molecule is CS(=O)(=O)c1ccc(-c2oc3ccccc3c(=O)c2-c2ccc(Cl)c(O)c2)cc1. The van der Waals surface area contributed by atoms with E-state index in [1.165, 1.54) is 24.3 Å². The van der Waals surface area contributed by atoms with Crippen molar-refractivity contribution < 1.29 is 17.9 Å². The van der Waals surface area contributed by atoms with Crippen molar-refractivity contribution in [1.82, 2.24) is 0 Å². The van der Waals surface area contributed by atoms with E-state index in [1.54, 1.807) is 42.5 Å². The molecule has 0 unspecified atom stereocenters. The Morgan fingerprint density at radius 2 is 1.59 bits per heavy atom. The first-order valence-corrected chi connectivity index (χ1v) is 10.9. The molecule has 1 N–H and O–H groups in total. The Morgan fingerprint density at radius 1 is 0.931 bits per heavy atom. The summed E-state index contributed by atoms with van der Waals surface area (Å²) < 4.78 is 29.6. The number of hydrogen-bond acceptors (Lipinski definition) is 5. The third-order valence-corrected chi connectivity index (χ3v) is 6.03. The molecule has 4 aromatic rings. The first kappa shape index (κ1) is 19.2. The average Bonchev–Trinajstić information content (AvgIpc) is 2.70. The molecule has 0 radical (unpaired) electrons. The summed E-state index contributed by atoms with van der Waals surface area (Å²) in [5.74, 6) is 0.116. The maximum atomic E-state index is 13.3. The van der Waals surface area contributed by atoms with Crippen molar-refractivity contribution in [3.05, 3.63) is 82.0 Å². The molecule has 0 fully saturated rings. The highest BCUT2D eigenvalue weighted by Crippen LogP contribution is 2.36. The lowest BCUT2D eigenvalue weighted by molar-refractivity contribution is 0.476. The minimum absolute atomic E-state index is 0.157. The first-order valence-electron chi connectivity index (χ1n) is 8.61. The van der Waals surface area contributed by atoms with Gasteiger partial charge in [-0.25, -0.2) is 8.42 Å². The molecule has 29 heavy (non-hydrogen) atoms. The maximum Gasteiger partial charge on any atom is 0.201 e. The van der Waals surface area contributed by atoms with Crippen molar-refractivity contribution in [2.45, 2.75) is 4.90 Å². The monoisotopic (exact) mass is 426 g/mol. The van der Waals surface area contributed by atoms with Crippen LogP contribution in [0.15, 0.2) is 80.8 Å². The molecule has 5 nitrogen and oxygen atoms in total. The second-order valence-electron chi connectivity index (χ2n) is 6.59. The molecular weight excluding hydrogens is 412 g/mol. The molecule has 3 aromatic carbocycles. The van der Waals surface area contributed by atoms with Crippen LogP contribution in [0.1, 0.15) is 0 Å². The van der Waals surface area contributed by atoms with Gasteiger partial charge in [-0.15, -0.1) is 0 Å². The van der Waals surface area contributed by atoms with E-state index in [0.29, 0.717) is 22.1 Å². The Labute approximate surface area is 171 Å². The van der Waals surface area contributed by atoms with E-state index in [0.717, 1.165) is 6.26 Å². The van der Waals surface area contributed by atoms with Gasteiger partial charge in [-0.05, 0) is 54.1 Å². The number of sulfone groups is 1. The molecule has 0 aliphatic carbocycles. The van der Waals surface area contributed by atoms with Crippen LogP contribution in [0, 0.1) is 0 Å². The number of halogens is 1. The summed E-state index contributed by atoms with van der Waals surface area (Å²) in [6.45, 7) is 0. The van der Waals surface area contributed by atoms with Gasteiger partial charge < -0.3 is 9.52 Å². The largest absolute Gasteiger partial charge is 0.506 e. The van der Waals surface area contributed by atoms with Crippen molar-refractivity contribution >= 4 is 32.4 Å². The van der Waals surface area contributed by atoms with Gasteiger partial charge in [-0.2, -0.15) is 0 Å². The van der Waals surface area contributed by atoms with Crippen LogP contribution in [0.25, 0.3) is 33.4 Å². The molecule has 0 amide bonds. The van der Waals surface area contributed by atoms with Gasteiger partial charge in [0.05, 0.1) is 20.9 Å². The number of hydrogen-bond donors (Lipinski definition) is 1. The molecule has 7 heteroatoms. The van der Waals surface area contributed by atoms with Crippen LogP contribution in [0.3, 0.4) is 0 Å². The smallest absolute Gasteiger partial charge is 0.201 e. The Balaban J connectivity index is 2.04. The average molecular weight is 427 g/mol. The summed E-state index contributed by atoms with van der Waals surface area (Å²) in [4.78, 5) is 13.4. The highest BCUT2D eigenvalue weighted by molar-refractivity contribution is 7.90. The van der Waals surface area contributed by atoms with Gasteiger partial charge in [0.15, 0.2) is 9.84 Å². The van der Waals surface area contributed by atoms with Gasteiger partial charge in [0.25, 0.3) is 0 Å².